The first-order chi connectivity index (χ1) is 12.2. The average Bonchev–Trinajstić information content (AvgIpc) is 3.36. The van der Waals surface area contributed by atoms with Crippen molar-refractivity contribution >= 4 is 34.6 Å². The maximum atomic E-state index is 12.7. The molecule has 2 aliphatic heterocycles. The van der Waals surface area contributed by atoms with E-state index in [1.54, 1.807) is 16.2 Å². The highest BCUT2D eigenvalue weighted by atomic mass is 32.1. The van der Waals surface area contributed by atoms with Gasteiger partial charge in [-0.3, -0.25) is 4.79 Å². The SMILES string of the molecule is O=C1CCCN1c1ccc(NC(=O)N2CCCC2c2cccs2)cc1. The summed E-state index contributed by atoms with van der Waals surface area (Å²) in [5, 5.41) is 5.05. The molecule has 1 aromatic carbocycles. The number of likely N-dealkylation sites (tertiary alicyclic amines) is 1. The number of anilines is 2. The summed E-state index contributed by atoms with van der Waals surface area (Å²) >= 11 is 1.70. The molecule has 130 valence electrons. The Morgan fingerprint density at radius 3 is 2.64 bits per heavy atom. The van der Waals surface area contributed by atoms with Gasteiger partial charge in [-0.15, -0.1) is 11.3 Å². The summed E-state index contributed by atoms with van der Waals surface area (Å²) in [5.74, 6) is 0.174. The Bertz CT molecular complexity index is 757. The van der Waals surface area contributed by atoms with Crippen LogP contribution in [0.15, 0.2) is 41.8 Å². The molecule has 0 bridgehead atoms. The quantitative estimate of drug-likeness (QED) is 0.895. The van der Waals surface area contributed by atoms with E-state index >= 15 is 0 Å². The number of carbonyl (C=O) groups excluding carboxylic acids is 2. The zero-order valence-corrected chi connectivity index (χ0v) is 14.8. The standard InChI is InChI=1S/C19H21N3O2S/c23-18-6-2-11-21(18)15-9-7-14(8-10-15)20-19(24)22-12-1-4-16(22)17-5-3-13-25-17/h3,5,7-10,13,16H,1-2,4,6,11-12H2,(H,20,24). The van der Waals surface area contributed by atoms with Crippen molar-refractivity contribution in [1.29, 1.82) is 0 Å². The third-order valence-electron chi connectivity index (χ3n) is 4.89. The molecule has 0 aliphatic carbocycles. The van der Waals surface area contributed by atoms with E-state index in [4.69, 9.17) is 0 Å². The number of nitrogens with one attached hydrogen (secondary N) is 1. The lowest BCUT2D eigenvalue weighted by Gasteiger charge is -2.24. The minimum absolute atomic E-state index is 0.0547. The molecule has 3 amide bonds. The number of amides is 3. The molecule has 1 atom stereocenters. The first-order valence-electron chi connectivity index (χ1n) is 8.74. The molecule has 1 unspecified atom stereocenters. The van der Waals surface area contributed by atoms with Gasteiger partial charge in [0.25, 0.3) is 0 Å². The molecule has 1 aromatic heterocycles. The fourth-order valence-corrected chi connectivity index (χ4v) is 4.50. The van der Waals surface area contributed by atoms with Crippen LogP contribution in [0.3, 0.4) is 0 Å². The van der Waals surface area contributed by atoms with Crippen LogP contribution in [0, 0.1) is 0 Å². The summed E-state index contributed by atoms with van der Waals surface area (Å²) in [6.45, 7) is 1.57. The van der Waals surface area contributed by atoms with Crippen molar-refractivity contribution in [3.05, 3.63) is 46.7 Å². The Hall–Kier alpha value is -2.34. The second kappa shape index (κ2) is 6.88. The lowest BCUT2D eigenvalue weighted by Crippen LogP contribution is -2.34. The minimum atomic E-state index is -0.0547. The molecule has 5 nitrogen and oxygen atoms in total. The van der Waals surface area contributed by atoms with Crippen LogP contribution in [0.25, 0.3) is 0 Å². The van der Waals surface area contributed by atoms with Crippen molar-refractivity contribution in [1.82, 2.24) is 4.90 Å². The molecule has 6 heteroatoms. The monoisotopic (exact) mass is 355 g/mol. The summed E-state index contributed by atoms with van der Waals surface area (Å²) in [6, 6.07) is 11.8. The van der Waals surface area contributed by atoms with Crippen LogP contribution >= 0.6 is 11.3 Å². The minimum Gasteiger partial charge on any atom is -0.317 e. The van der Waals surface area contributed by atoms with Crippen molar-refractivity contribution < 1.29 is 9.59 Å². The molecule has 2 aliphatic rings. The van der Waals surface area contributed by atoms with Gasteiger partial charge in [0.05, 0.1) is 6.04 Å². The Balaban J connectivity index is 1.43. The number of hydrogen-bond acceptors (Lipinski definition) is 3. The van der Waals surface area contributed by atoms with Gasteiger partial charge in [0.2, 0.25) is 5.91 Å². The maximum absolute atomic E-state index is 12.7. The smallest absolute Gasteiger partial charge is 0.317 e. The number of nitrogens with zero attached hydrogens (tertiary/aromatic N) is 2. The molecule has 2 aromatic rings. The van der Waals surface area contributed by atoms with E-state index in [1.807, 2.05) is 35.2 Å². The zero-order valence-electron chi connectivity index (χ0n) is 14.0. The second-order valence-corrected chi connectivity index (χ2v) is 7.47. The van der Waals surface area contributed by atoms with Crippen molar-refractivity contribution in [3.8, 4) is 0 Å². The molecule has 0 saturated carbocycles. The van der Waals surface area contributed by atoms with Gasteiger partial charge in [-0.25, -0.2) is 4.79 Å². The molecular weight excluding hydrogens is 334 g/mol. The Morgan fingerprint density at radius 2 is 1.96 bits per heavy atom. The fourth-order valence-electron chi connectivity index (χ4n) is 3.63. The third kappa shape index (κ3) is 3.26. The number of rotatable bonds is 3. The lowest BCUT2D eigenvalue weighted by atomic mass is 10.2. The van der Waals surface area contributed by atoms with Crippen LogP contribution in [0.4, 0.5) is 16.2 Å². The predicted octanol–water partition coefficient (Wildman–Crippen LogP) is 4.24. The normalized spacial score (nSPS) is 20.3. The van der Waals surface area contributed by atoms with Crippen LogP contribution in [0.1, 0.15) is 36.6 Å². The van der Waals surface area contributed by atoms with Gasteiger partial charge in [0.15, 0.2) is 0 Å². The summed E-state index contributed by atoms with van der Waals surface area (Å²) in [5.41, 5.74) is 1.66. The summed E-state index contributed by atoms with van der Waals surface area (Å²) in [4.78, 5) is 29.4. The number of benzene rings is 1. The van der Waals surface area contributed by atoms with E-state index in [-0.39, 0.29) is 18.0 Å². The summed E-state index contributed by atoms with van der Waals surface area (Å²) in [7, 11) is 0. The highest BCUT2D eigenvalue weighted by Gasteiger charge is 2.30. The van der Waals surface area contributed by atoms with Crippen LogP contribution in [-0.4, -0.2) is 29.9 Å². The Morgan fingerprint density at radius 1 is 1.12 bits per heavy atom. The van der Waals surface area contributed by atoms with Crippen molar-refractivity contribution in [2.75, 3.05) is 23.3 Å². The van der Waals surface area contributed by atoms with Gasteiger partial charge >= 0.3 is 6.03 Å². The molecule has 0 spiro atoms. The topological polar surface area (TPSA) is 52.7 Å². The summed E-state index contributed by atoms with van der Waals surface area (Å²) in [6.07, 6.45) is 3.59. The van der Waals surface area contributed by atoms with Crippen molar-refractivity contribution in [2.45, 2.75) is 31.7 Å². The van der Waals surface area contributed by atoms with Gasteiger partial charge in [-0.05, 0) is 55.0 Å². The second-order valence-electron chi connectivity index (χ2n) is 6.49. The van der Waals surface area contributed by atoms with Crippen LogP contribution in [0.2, 0.25) is 0 Å². The van der Waals surface area contributed by atoms with Crippen molar-refractivity contribution in [2.24, 2.45) is 0 Å². The number of thiophene rings is 1. The summed E-state index contributed by atoms with van der Waals surface area (Å²) < 4.78 is 0. The Kier molecular flexibility index (Phi) is 4.44. The first kappa shape index (κ1) is 16.1. The van der Waals surface area contributed by atoms with E-state index in [0.717, 1.165) is 43.7 Å². The largest absolute Gasteiger partial charge is 0.322 e. The first-order valence-corrected chi connectivity index (χ1v) is 9.62. The number of hydrogen-bond donors (Lipinski definition) is 1. The molecule has 2 fully saturated rings. The molecule has 4 rings (SSSR count). The van der Waals surface area contributed by atoms with Crippen molar-refractivity contribution in [3.63, 3.8) is 0 Å². The third-order valence-corrected chi connectivity index (χ3v) is 5.86. The Labute approximate surface area is 151 Å². The van der Waals surface area contributed by atoms with E-state index in [1.165, 1.54) is 4.88 Å². The van der Waals surface area contributed by atoms with E-state index in [2.05, 4.69) is 16.8 Å². The van der Waals surface area contributed by atoms with E-state index < -0.39 is 0 Å². The maximum Gasteiger partial charge on any atom is 0.322 e. The molecule has 0 radical (unpaired) electrons. The fraction of sp³-hybridized carbons (Fsp3) is 0.368. The van der Waals surface area contributed by atoms with Gasteiger partial charge in [0, 0.05) is 35.8 Å². The molecule has 3 heterocycles. The molecule has 2 saturated heterocycles. The molecule has 25 heavy (non-hydrogen) atoms. The van der Waals surface area contributed by atoms with E-state index in [0.29, 0.717) is 6.42 Å². The lowest BCUT2D eigenvalue weighted by molar-refractivity contribution is -0.117. The van der Waals surface area contributed by atoms with Gasteiger partial charge in [-0.1, -0.05) is 6.07 Å². The zero-order chi connectivity index (χ0) is 17.2. The predicted molar refractivity (Wildman–Crippen MR) is 100 cm³/mol. The van der Waals surface area contributed by atoms with Gasteiger partial charge in [0.1, 0.15) is 0 Å². The van der Waals surface area contributed by atoms with Crippen LogP contribution in [-0.2, 0) is 4.79 Å². The molecular formula is C19H21N3O2S. The highest BCUT2D eigenvalue weighted by Crippen LogP contribution is 2.35. The van der Waals surface area contributed by atoms with Crippen LogP contribution in [0.5, 0.6) is 0 Å². The highest BCUT2D eigenvalue weighted by molar-refractivity contribution is 7.10. The van der Waals surface area contributed by atoms with Gasteiger partial charge < -0.3 is 15.1 Å². The van der Waals surface area contributed by atoms with Gasteiger partial charge in [-0.2, -0.15) is 0 Å². The van der Waals surface area contributed by atoms with Crippen LogP contribution < -0.4 is 10.2 Å². The average molecular weight is 355 g/mol. The molecule has 1 N–H and O–H groups in total. The number of carbonyl (C=O) groups is 2. The number of urea groups is 1. The van der Waals surface area contributed by atoms with E-state index in [9.17, 15) is 9.59 Å².